The number of aliphatic imine (C=N–C) groups is 1. The number of nitrogens with zero attached hydrogens (tertiary/aromatic N) is 2. The summed E-state index contributed by atoms with van der Waals surface area (Å²) in [6.45, 7) is 3.04. The van der Waals surface area contributed by atoms with Gasteiger partial charge in [0.05, 0.1) is 12.2 Å². The highest BCUT2D eigenvalue weighted by Crippen LogP contribution is 2.19. The van der Waals surface area contributed by atoms with Crippen LogP contribution in [0.15, 0.2) is 4.99 Å². The molecular weight excluding hydrogens is 438 g/mol. The van der Waals surface area contributed by atoms with Crippen molar-refractivity contribution in [2.75, 3.05) is 13.1 Å². The molecule has 0 aromatic carbocycles. The van der Waals surface area contributed by atoms with Crippen LogP contribution in [0, 0.1) is 0 Å². The number of nitrogens with one attached hydrogen (secondary N) is 2. The van der Waals surface area contributed by atoms with E-state index in [1.807, 2.05) is 0 Å². The second-order valence-corrected chi connectivity index (χ2v) is 8.03. The Balaban J connectivity index is 2.83. The molecule has 14 nitrogen and oxygen atoms in total. The molecule has 0 radical (unpaired) electrons. The van der Waals surface area contributed by atoms with Gasteiger partial charge in [-0.25, -0.2) is 4.79 Å². The largest absolute Gasteiger partial charge is 0.480 e. The van der Waals surface area contributed by atoms with Gasteiger partial charge in [0.1, 0.15) is 24.2 Å². The van der Waals surface area contributed by atoms with Gasteiger partial charge in [-0.05, 0) is 39.5 Å². The quantitative estimate of drug-likeness (QED) is 0.0779. The summed E-state index contributed by atoms with van der Waals surface area (Å²) in [6, 6.07) is -4.89. The van der Waals surface area contributed by atoms with Crippen molar-refractivity contribution in [1.82, 2.24) is 15.5 Å². The molecular formula is C19H35N7O7. The van der Waals surface area contributed by atoms with Crippen LogP contribution < -0.4 is 27.8 Å². The highest BCUT2D eigenvalue weighted by Gasteiger charge is 2.39. The summed E-state index contributed by atoms with van der Waals surface area (Å²) >= 11 is 0. The number of carbonyl (C=O) groups excluding carboxylic acids is 3. The van der Waals surface area contributed by atoms with Crippen LogP contribution in [0.2, 0.25) is 0 Å². The number of nitrogens with two attached hydrogens (primary N) is 3. The molecule has 0 saturated carbocycles. The number of guanidine groups is 1. The monoisotopic (exact) mass is 473 g/mol. The standard InChI is InChI=1S/C19H35N7O7/c1-9(27)13(20)17(31)26-8-4-6-12(26)15(29)25-14(10(2)28)16(30)24-11(18(32)33)5-3-7-23-19(21)22/h9-14,27-28H,3-8,20H2,1-2H3,(H,24,30)(H,25,29)(H,32,33)(H4,21,22,23). The lowest BCUT2D eigenvalue weighted by molar-refractivity contribution is -0.144. The summed E-state index contributed by atoms with van der Waals surface area (Å²) in [6.07, 6.45) is -1.36. The summed E-state index contributed by atoms with van der Waals surface area (Å²) in [5.74, 6) is -3.64. The van der Waals surface area contributed by atoms with Gasteiger partial charge >= 0.3 is 5.97 Å². The van der Waals surface area contributed by atoms with Crippen LogP contribution in [0.4, 0.5) is 0 Å². The van der Waals surface area contributed by atoms with Crippen LogP contribution in [0.3, 0.4) is 0 Å². The number of aliphatic carboxylic acids is 1. The maximum Gasteiger partial charge on any atom is 0.326 e. The van der Waals surface area contributed by atoms with E-state index in [4.69, 9.17) is 17.2 Å². The first-order valence-corrected chi connectivity index (χ1v) is 10.7. The van der Waals surface area contributed by atoms with Crippen LogP contribution >= 0.6 is 0 Å². The minimum atomic E-state index is -1.46. The van der Waals surface area contributed by atoms with Crippen LogP contribution in [0.1, 0.15) is 39.5 Å². The molecule has 1 saturated heterocycles. The highest BCUT2D eigenvalue weighted by atomic mass is 16.4. The first-order chi connectivity index (χ1) is 15.4. The van der Waals surface area contributed by atoms with Crippen LogP contribution in [0.25, 0.3) is 0 Å². The molecule has 3 amide bonds. The van der Waals surface area contributed by atoms with E-state index >= 15 is 0 Å². The summed E-state index contributed by atoms with van der Waals surface area (Å²) in [4.78, 5) is 54.4. The van der Waals surface area contributed by atoms with Gasteiger partial charge in [-0.15, -0.1) is 0 Å². The molecule has 0 bridgehead atoms. The number of amides is 3. The van der Waals surface area contributed by atoms with Crippen molar-refractivity contribution in [3.8, 4) is 0 Å². The highest BCUT2D eigenvalue weighted by molar-refractivity contribution is 5.94. The van der Waals surface area contributed by atoms with Crippen molar-refractivity contribution in [1.29, 1.82) is 0 Å². The summed E-state index contributed by atoms with van der Waals surface area (Å²) < 4.78 is 0. The van der Waals surface area contributed by atoms with Gasteiger partial charge in [0, 0.05) is 13.1 Å². The number of carboxylic acids is 1. The topological polar surface area (TPSA) is 247 Å². The molecule has 14 heteroatoms. The molecule has 0 aromatic heterocycles. The maximum absolute atomic E-state index is 12.8. The molecule has 1 fully saturated rings. The molecule has 0 spiro atoms. The fourth-order valence-corrected chi connectivity index (χ4v) is 3.38. The Bertz CT molecular complexity index is 740. The van der Waals surface area contributed by atoms with Crippen LogP contribution in [0.5, 0.6) is 0 Å². The molecule has 1 rings (SSSR count). The molecule has 1 aliphatic heterocycles. The Morgan fingerprint density at radius 1 is 1.12 bits per heavy atom. The van der Waals surface area contributed by atoms with Gasteiger partial charge in [0.2, 0.25) is 17.7 Å². The zero-order chi connectivity index (χ0) is 25.3. The molecule has 188 valence electrons. The molecule has 1 heterocycles. The van der Waals surface area contributed by atoms with Crippen molar-refractivity contribution in [2.24, 2.45) is 22.2 Å². The molecule has 6 unspecified atom stereocenters. The van der Waals surface area contributed by atoms with E-state index in [1.165, 1.54) is 18.7 Å². The van der Waals surface area contributed by atoms with E-state index < -0.39 is 60.1 Å². The third-order valence-corrected chi connectivity index (χ3v) is 5.27. The minimum absolute atomic E-state index is 0.0144. The number of hydrogen-bond donors (Lipinski definition) is 8. The van der Waals surface area contributed by atoms with Gasteiger partial charge in [-0.2, -0.15) is 0 Å². The van der Waals surface area contributed by atoms with Gasteiger partial charge in [-0.3, -0.25) is 19.4 Å². The smallest absolute Gasteiger partial charge is 0.326 e. The molecule has 6 atom stereocenters. The van der Waals surface area contributed by atoms with E-state index in [9.17, 15) is 34.5 Å². The van der Waals surface area contributed by atoms with Gasteiger partial charge in [0.25, 0.3) is 0 Å². The fraction of sp³-hybridized carbons (Fsp3) is 0.737. The van der Waals surface area contributed by atoms with Crippen molar-refractivity contribution in [3.63, 3.8) is 0 Å². The van der Waals surface area contributed by atoms with Gasteiger partial charge < -0.3 is 48.1 Å². The fourth-order valence-electron chi connectivity index (χ4n) is 3.38. The van der Waals surface area contributed by atoms with Crippen molar-refractivity contribution in [2.45, 2.75) is 75.9 Å². The lowest BCUT2D eigenvalue weighted by Gasteiger charge is -2.30. The number of carbonyl (C=O) groups is 4. The first kappa shape index (κ1) is 28.1. The van der Waals surface area contributed by atoms with Crippen molar-refractivity contribution >= 4 is 29.7 Å². The second-order valence-electron chi connectivity index (χ2n) is 8.03. The first-order valence-electron chi connectivity index (χ1n) is 10.7. The number of aliphatic hydroxyl groups excluding tert-OH is 2. The lowest BCUT2D eigenvalue weighted by atomic mass is 10.1. The number of hydrogen-bond acceptors (Lipinski definition) is 8. The van der Waals surface area contributed by atoms with Crippen molar-refractivity contribution in [3.05, 3.63) is 0 Å². The third kappa shape index (κ3) is 8.47. The van der Waals surface area contributed by atoms with Crippen LogP contribution in [-0.2, 0) is 19.2 Å². The maximum atomic E-state index is 12.8. The Hall–Kier alpha value is -2.97. The lowest BCUT2D eigenvalue weighted by Crippen LogP contribution is -2.60. The zero-order valence-corrected chi connectivity index (χ0v) is 18.8. The van der Waals surface area contributed by atoms with Gasteiger partial charge in [-0.1, -0.05) is 0 Å². The zero-order valence-electron chi connectivity index (χ0n) is 18.8. The Morgan fingerprint density at radius 3 is 2.27 bits per heavy atom. The van der Waals surface area contributed by atoms with Gasteiger partial charge in [0.15, 0.2) is 5.96 Å². The SMILES string of the molecule is CC(O)C(N)C(=O)N1CCCC1C(=O)NC(C(=O)NC(CCCN=C(N)N)C(=O)O)C(C)O. The predicted octanol–water partition coefficient (Wildman–Crippen LogP) is -3.83. The Morgan fingerprint density at radius 2 is 1.76 bits per heavy atom. The molecule has 0 aromatic rings. The van der Waals surface area contributed by atoms with E-state index in [2.05, 4.69) is 15.6 Å². The molecule has 1 aliphatic rings. The molecule has 11 N–H and O–H groups in total. The molecule has 0 aliphatic carbocycles. The number of likely N-dealkylation sites (tertiary alicyclic amines) is 1. The summed E-state index contributed by atoms with van der Waals surface area (Å²) in [5.41, 5.74) is 16.1. The van der Waals surface area contributed by atoms with Crippen molar-refractivity contribution < 1.29 is 34.5 Å². The normalized spacial score (nSPS) is 20.2. The average Bonchev–Trinajstić information content (AvgIpc) is 3.21. The predicted molar refractivity (Wildman–Crippen MR) is 117 cm³/mol. The van der Waals surface area contributed by atoms with E-state index in [-0.39, 0.29) is 31.9 Å². The summed E-state index contributed by atoms with van der Waals surface area (Å²) in [7, 11) is 0. The summed E-state index contributed by atoms with van der Waals surface area (Å²) in [5, 5.41) is 33.7. The minimum Gasteiger partial charge on any atom is -0.480 e. The van der Waals surface area contributed by atoms with E-state index in [1.54, 1.807) is 0 Å². The Labute approximate surface area is 191 Å². The Kier molecular flexibility index (Phi) is 11.0. The average molecular weight is 474 g/mol. The number of rotatable bonds is 12. The number of carboxylic acid groups (broad SMARTS) is 1. The van der Waals surface area contributed by atoms with E-state index in [0.717, 1.165) is 0 Å². The number of aliphatic hydroxyl groups is 2. The third-order valence-electron chi connectivity index (χ3n) is 5.27. The van der Waals surface area contributed by atoms with Crippen LogP contribution in [-0.4, -0.2) is 99.3 Å². The van der Waals surface area contributed by atoms with E-state index in [0.29, 0.717) is 12.8 Å². The second kappa shape index (κ2) is 12.9. The molecule has 33 heavy (non-hydrogen) atoms.